The second-order valence-corrected chi connectivity index (χ2v) is 12.9. The molecule has 0 spiro atoms. The minimum absolute atomic E-state index is 0.131. The van der Waals surface area contributed by atoms with Crippen LogP contribution < -0.4 is 10.0 Å². The number of halogens is 1. The molecule has 164 valence electrons. The highest BCUT2D eigenvalue weighted by Crippen LogP contribution is 2.53. The maximum absolute atomic E-state index is 11.4. The molecule has 1 unspecified atom stereocenters. The summed E-state index contributed by atoms with van der Waals surface area (Å²) in [6, 6.07) is 21.0. The summed E-state index contributed by atoms with van der Waals surface area (Å²) < 4.78 is 12.6. The van der Waals surface area contributed by atoms with Gasteiger partial charge >= 0.3 is 0 Å². The average molecular weight is 522 g/mol. The minimum Gasteiger partial charge on any atom is -0.484 e. The first-order valence-electron chi connectivity index (χ1n) is 9.53. The van der Waals surface area contributed by atoms with Gasteiger partial charge in [0.2, 0.25) is 0 Å². The topological polar surface area (TPSA) is 61.6 Å². The van der Waals surface area contributed by atoms with Gasteiger partial charge in [-0.05, 0) is 53.2 Å². The van der Waals surface area contributed by atoms with Crippen molar-refractivity contribution in [1.29, 1.82) is 0 Å². The molecule has 0 N–H and O–H groups in total. The Balaban J connectivity index is 1.56. The van der Waals surface area contributed by atoms with Crippen LogP contribution >= 0.6 is 35.2 Å². The molecular weight excluding hydrogens is 497 g/mol. The molecule has 0 heterocycles. The zero-order chi connectivity index (χ0) is 22.4. The van der Waals surface area contributed by atoms with E-state index in [2.05, 4.69) is 37.3 Å². The summed E-state index contributed by atoms with van der Waals surface area (Å²) in [5.74, 6) is 1.13. The van der Waals surface area contributed by atoms with Gasteiger partial charge in [-0.25, -0.2) is 0 Å². The Labute approximate surface area is 195 Å². The van der Waals surface area contributed by atoms with Crippen LogP contribution in [0.5, 0.6) is 5.75 Å². The number of nitro benzene ring substituents is 1. The summed E-state index contributed by atoms with van der Waals surface area (Å²) in [5.41, 5.74) is 2.33. The number of hydrogen-bond acceptors (Lipinski definition) is 4. The van der Waals surface area contributed by atoms with Gasteiger partial charge in [-0.3, -0.25) is 10.1 Å². The molecule has 3 aromatic rings. The van der Waals surface area contributed by atoms with E-state index in [1.165, 1.54) is 0 Å². The molecule has 31 heavy (non-hydrogen) atoms. The summed E-state index contributed by atoms with van der Waals surface area (Å²) in [4.78, 5) is 11.8. The van der Waals surface area contributed by atoms with Crippen LogP contribution in [0.1, 0.15) is 11.1 Å². The van der Waals surface area contributed by atoms with Crippen LogP contribution in [-0.4, -0.2) is 23.4 Å². The average Bonchev–Trinajstić information content (AvgIpc) is 2.74. The van der Waals surface area contributed by atoms with Gasteiger partial charge in [-0.1, -0.05) is 52.3 Å². The predicted octanol–water partition coefficient (Wildman–Crippen LogP) is 6.03. The normalized spacial score (nSPS) is 11.9. The molecule has 0 aromatic heterocycles. The first-order chi connectivity index (χ1) is 14.7. The molecular formula is C23H25BrNO4PS. The van der Waals surface area contributed by atoms with Crippen LogP contribution in [0.15, 0.2) is 76.1 Å². The zero-order valence-corrected chi connectivity index (χ0v) is 21.0. The lowest BCUT2D eigenvalue weighted by Gasteiger charge is -2.31. The molecule has 0 fully saturated rings. The molecule has 0 aliphatic carbocycles. The van der Waals surface area contributed by atoms with Crippen molar-refractivity contribution in [1.82, 2.24) is 0 Å². The van der Waals surface area contributed by atoms with Crippen molar-refractivity contribution in [2.24, 2.45) is 0 Å². The molecule has 0 saturated carbocycles. The van der Waals surface area contributed by atoms with Crippen LogP contribution in [0.2, 0.25) is 0 Å². The highest BCUT2D eigenvalue weighted by Gasteiger charge is 2.26. The third-order valence-electron chi connectivity index (χ3n) is 4.67. The van der Waals surface area contributed by atoms with Crippen LogP contribution in [0.3, 0.4) is 0 Å². The maximum atomic E-state index is 11.4. The standard InChI is InChI=1S/C23H25BrNO4PS/c1-31(2,23-13-19(24)7-12-22(23)25(26)27)16-29-20-8-3-17(4-9-20)14-28-15-18-5-10-21(30)11-6-18/h3-13H,14-16,30H2,1-2H3. The van der Waals surface area contributed by atoms with Crippen LogP contribution in [0.25, 0.3) is 0 Å². The Bertz CT molecular complexity index is 1040. The Morgan fingerprint density at radius 1 is 0.968 bits per heavy atom. The van der Waals surface area contributed by atoms with Gasteiger partial charge in [0.25, 0.3) is 5.69 Å². The van der Waals surface area contributed by atoms with Crippen molar-refractivity contribution < 1.29 is 14.4 Å². The van der Waals surface area contributed by atoms with E-state index in [1.807, 2.05) is 55.0 Å². The number of hydrogen-bond donors (Lipinski definition) is 0. The van der Waals surface area contributed by atoms with Gasteiger partial charge in [0.05, 0.1) is 23.0 Å². The lowest BCUT2D eigenvalue weighted by atomic mass is 10.2. The van der Waals surface area contributed by atoms with Gasteiger partial charge in [0.1, 0.15) is 11.7 Å². The van der Waals surface area contributed by atoms with E-state index in [9.17, 15) is 10.1 Å². The van der Waals surface area contributed by atoms with Crippen molar-refractivity contribution in [2.45, 2.75) is 18.1 Å². The summed E-state index contributed by atoms with van der Waals surface area (Å²) in [5, 5.41) is 12.6. The number of nitro groups is 1. The summed E-state index contributed by atoms with van der Waals surface area (Å²) in [6.45, 7) is 1.08. The summed E-state index contributed by atoms with van der Waals surface area (Å²) in [6.07, 6.45) is 4.04. The van der Waals surface area contributed by atoms with Crippen molar-refractivity contribution >= 4 is 46.2 Å². The van der Waals surface area contributed by atoms with E-state index in [-0.39, 0.29) is 10.6 Å². The largest absolute Gasteiger partial charge is 0.484 e. The first kappa shape index (κ1) is 23.7. The molecule has 0 amide bonds. The van der Waals surface area contributed by atoms with Gasteiger partial charge in [-0.2, -0.15) is 10.0 Å². The number of benzene rings is 3. The number of ether oxygens (including phenoxy) is 2. The van der Waals surface area contributed by atoms with E-state index < -0.39 is 10.0 Å². The number of nitrogens with zero attached hydrogens (tertiary/aromatic N) is 1. The van der Waals surface area contributed by atoms with Gasteiger partial charge in [0, 0.05) is 10.5 Å². The summed E-state index contributed by atoms with van der Waals surface area (Å²) >= 11 is 3.42. The van der Waals surface area contributed by atoms with E-state index in [1.54, 1.807) is 12.1 Å². The summed E-state index contributed by atoms with van der Waals surface area (Å²) in [7, 11) is 1.14. The van der Waals surface area contributed by atoms with E-state index in [4.69, 9.17) is 9.47 Å². The third-order valence-corrected chi connectivity index (χ3v) is 7.78. The van der Waals surface area contributed by atoms with Crippen LogP contribution in [-0.2, 0) is 18.0 Å². The number of rotatable bonds is 9. The zero-order valence-electron chi connectivity index (χ0n) is 17.4. The Morgan fingerprint density at radius 2 is 1.55 bits per heavy atom. The van der Waals surface area contributed by atoms with E-state index in [0.717, 1.165) is 26.7 Å². The molecule has 3 aromatic carbocycles. The lowest BCUT2D eigenvalue weighted by Crippen LogP contribution is -2.10. The fraction of sp³-hybridized carbons (Fsp3) is 0.217. The van der Waals surface area contributed by atoms with Crippen molar-refractivity contribution in [2.75, 3.05) is 18.5 Å². The van der Waals surface area contributed by atoms with Gasteiger partial charge in [0.15, 0.2) is 0 Å². The second kappa shape index (κ2) is 10.6. The highest BCUT2D eigenvalue weighted by atomic mass is 79.9. The van der Waals surface area contributed by atoms with E-state index in [0.29, 0.717) is 24.0 Å². The first-order valence-corrected chi connectivity index (χ1v) is 13.5. The second-order valence-electron chi connectivity index (χ2n) is 7.55. The minimum atomic E-state index is -1.53. The monoisotopic (exact) mass is 521 g/mol. The molecule has 0 saturated heterocycles. The fourth-order valence-electron chi connectivity index (χ4n) is 2.94. The van der Waals surface area contributed by atoms with E-state index >= 15 is 0 Å². The van der Waals surface area contributed by atoms with Gasteiger partial charge < -0.3 is 9.47 Å². The Kier molecular flexibility index (Phi) is 8.11. The van der Waals surface area contributed by atoms with Gasteiger partial charge in [-0.15, -0.1) is 9.24 Å². The Morgan fingerprint density at radius 3 is 2.13 bits per heavy atom. The van der Waals surface area contributed by atoms with Crippen molar-refractivity contribution in [3.63, 3.8) is 0 Å². The molecule has 5 nitrogen and oxygen atoms in total. The smallest absolute Gasteiger partial charge is 0.281 e. The van der Waals surface area contributed by atoms with Crippen LogP contribution in [0, 0.1) is 10.1 Å². The predicted molar refractivity (Wildman–Crippen MR) is 135 cm³/mol. The molecule has 0 bridgehead atoms. The quantitative estimate of drug-likeness (QED) is 0.196. The SMILES string of the molecule is CS(C)(COc1ccc(COCc2ccc(P)cc2)cc1)c1cc(Br)ccc1[N+](=O)[O-]. The third kappa shape index (κ3) is 6.78. The molecule has 0 aliphatic heterocycles. The molecule has 1 atom stereocenters. The highest BCUT2D eigenvalue weighted by molar-refractivity contribution is 9.10. The van der Waals surface area contributed by atoms with Crippen molar-refractivity contribution in [3.8, 4) is 5.75 Å². The van der Waals surface area contributed by atoms with Crippen molar-refractivity contribution in [3.05, 3.63) is 92.4 Å². The molecule has 3 rings (SSSR count). The molecule has 0 radical (unpaired) electrons. The molecule has 8 heteroatoms. The fourth-order valence-corrected chi connectivity index (χ4v) is 5.36. The lowest BCUT2D eigenvalue weighted by molar-refractivity contribution is -0.387. The molecule has 0 aliphatic rings. The Hall–Kier alpha value is -1.92. The maximum Gasteiger partial charge on any atom is 0.281 e. The van der Waals surface area contributed by atoms with Crippen LogP contribution in [0.4, 0.5) is 5.69 Å².